The summed E-state index contributed by atoms with van der Waals surface area (Å²) in [6.07, 6.45) is 0. The van der Waals surface area contributed by atoms with Crippen LogP contribution in [0.5, 0.6) is 11.5 Å². The van der Waals surface area contributed by atoms with E-state index >= 15 is 0 Å². The molecule has 0 bridgehead atoms. The zero-order valence-corrected chi connectivity index (χ0v) is 15.1. The zero-order valence-electron chi connectivity index (χ0n) is 15.1. The van der Waals surface area contributed by atoms with E-state index < -0.39 is 0 Å². The Hall–Kier alpha value is -2.89. The van der Waals surface area contributed by atoms with Crippen LogP contribution in [-0.4, -0.2) is 50.4 Å². The highest BCUT2D eigenvalue weighted by molar-refractivity contribution is 5.74. The number of nitrogens with zero attached hydrogens (tertiary/aromatic N) is 2. The van der Waals surface area contributed by atoms with E-state index in [0.717, 1.165) is 13.1 Å². The van der Waals surface area contributed by atoms with E-state index in [0.29, 0.717) is 31.2 Å². The number of anilines is 1. The monoisotopic (exact) mass is 355 g/mol. The molecule has 1 aliphatic heterocycles. The maximum atomic E-state index is 12.3. The lowest BCUT2D eigenvalue weighted by atomic mass is 10.2. The van der Waals surface area contributed by atoms with E-state index in [1.165, 1.54) is 5.69 Å². The van der Waals surface area contributed by atoms with Gasteiger partial charge in [-0.3, -0.25) is 0 Å². The van der Waals surface area contributed by atoms with Gasteiger partial charge in [0.05, 0.1) is 6.61 Å². The number of hydrogen-bond donors (Lipinski definition) is 1. The molecule has 0 aliphatic carbocycles. The van der Waals surface area contributed by atoms with Crippen molar-refractivity contribution >= 4 is 11.7 Å². The molecule has 0 radical (unpaired) electrons. The van der Waals surface area contributed by atoms with Crippen molar-refractivity contribution in [3.63, 3.8) is 0 Å². The van der Waals surface area contributed by atoms with Crippen molar-refractivity contribution in [2.45, 2.75) is 6.92 Å². The highest BCUT2D eigenvalue weighted by atomic mass is 16.5. The molecular formula is C20H25N3O3. The smallest absolute Gasteiger partial charge is 0.320 e. The normalized spacial score (nSPS) is 14.0. The molecule has 0 spiro atoms. The Labute approximate surface area is 154 Å². The lowest BCUT2D eigenvalue weighted by molar-refractivity contribution is 0.180. The number of para-hydroxylation sites is 3. The minimum atomic E-state index is -0.105. The van der Waals surface area contributed by atoms with E-state index in [2.05, 4.69) is 22.3 Å². The maximum Gasteiger partial charge on any atom is 0.320 e. The fraction of sp³-hybridized carbons (Fsp3) is 0.350. The standard InChI is InChI=1S/C20H25N3O3/c1-2-25-18-10-6-7-11-19(18)26-16-21-20(24)23-14-12-22(13-15-23)17-8-4-3-5-9-17/h3-11H,2,12-16H2,1H3,(H,21,24). The number of rotatable bonds is 6. The fourth-order valence-electron chi connectivity index (χ4n) is 2.94. The van der Waals surface area contributed by atoms with Crippen LogP contribution in [0.15, 0.2) is 54.6 Å². The molecule has 6 nitrogen and oxygen atoms in total. The number of urea groups is 1. The zero-order chi connectivity index (χ0) is 18.2. The van der Waals surface area contributed by atoms with Gasteiger partial charge in [0, 0.05) is 31.9 Å². The van der Waals surface area contributed by atoms with Gasteiger partial charge in [-0.05, 0) is 31.2 Å². The van der Waals surface area contributed by atoms with E-state index in [4.69, 9.17) is 9.47 Å². The van der Waals surface area contributed by atoms with Crippen LogP contribution in [0.3, 0.4) is 0 Å². The average molecular weight is 355 g/mol. The number of hydrogen-bond acceptors (Lipinski definition) is 4. The summed E-state index contributed by atoms with van der Waals surface area (Å²) >= 11 is 0. The molecule has 0 saturated carbocycles. The summed E-state index contributed by atoms with van der Waals surface area (Å²) in [5, 5.41) is 2.82. The molecule has 1 N–H and O–H groups in total. The third-order valence-electron chi connectivity index (χ3n) is 4.29. The Balaban J connectivity index is 1.44. The second-order valence-electron chi connectivity index (χ2n) is 5.96. The minimum Gasteiger partial charge on any atom is -0.490 e. The third kappa shape index (κ3) is 4.59. The van der Waals surface area contributed by atoms with Gasteiger partial charge in [-0.25, -0.2) is 4.79 Å². The first-order valence-electron chi connectivity index (χ1n) is 8.95. The maximum absolute atomic E-state index is 12.3. The molecule has 1 heterocycles. The minimum absolute atomic E-state index is 0.105. The number of benzene rings is 2. The largest absolute Gasteiger partial charge is 0.490 e. The van der Waals surface area contributed by atoms with Gasteiger partial charge < -0.3 is 24.6 Å². The Morgan fingerprint density at radius 3 is 2.19 bits per heavy atom. The van der Waals surface area contributed by atoms with Crippen molar-refractivity contribution in [3.05, 3.63) is 54.6 Å². The lowest BCUT2D eigenvalue weighted by Crippen LogP contribution is -2.52. The van der Waals surface area contributed by atoms with Gasteiger partial charge >= 0.3 is 6.03 Å². The second kappa shape index (κ2) is 8.99. The number of ether oxygens (including phenoxy) is 2. The Bertz CT molecular complexity index is 700. The first-order valence-corrected chi connectivity index (χ1v) is 8.95. The highest BCUT2D eigenvalue weighted by Crippen LogP contribution is 2.26. The van der Waals surface area contributed by atoms with Gasteiger partial charge in [0.2, 0.25) is 0 Å². The summed E-state index contributed by atoms with van der Waals surface area (Å²) < 4.78 is 11.2. The van der Waals surface area contributed by atoms with Gasteiger partial charge in [0.1, 0.15) is 0 Å². The molecule has 0 atom stereocenters. The van der Waals surface area contributed by atoms with Gasteiger partial charge in [-0.15, -0.1) is 0 Å². The summed E-state index contributed by atoms with van der Waals surface area (Å²) in [4.78, 5) is 16.4. The molecule has 2 aromatic carbocycles. The van der Waals surface area contributed by atoms with Crippen LogP contribution in [0.2, 0.25) is 0 Å². The Kier molecular flexibility index (Phi) is 6.19. The molecule has 1 aliphatic rings. The lowest BCUT2D eigenvalue weighted by Gasteiger charge is -2.36. The molecule has 0 unspecified atom stereocenters. The van der Waals surface area contributed by atoms with Gasteiger partial charge in [0.15, 0.2) is 18.2 Å². The van der Waals surface area contributed by atoms with Crippen molar-refractivity contribution in [3.8, 4) is 11.5 Å². The predicted octanol–water partition coefficient (Wildman–Crippen LogP) is 2.95. The molecular weight excluding hydrogens is 330 g/mol. The molecule has 3 rings (SSSR count). The summed E-state index contributed by atoms with van der Waals surface area (Å²) in [5.41, 5.74) is 1.20. The summed E-state index contributed by atoms with van der Waals surface area (Å²) in [6.45, 7) is 5.64. The van der Waals surface area contributed by atoms with Gasteiger partial charge in [-0.1, -0.05) is 30.3 Å². The molecule has 6 heteroatoms. The van der Waals surface area contributed by atoms with Crippen molar-refractivity contribution in [2.24, 2.45) is 0 Å². The Morgan fingerprint density at radius 2 is 1.54 bits per heavy atom. The van der Waals surface area contributed by atoms with Crippen molar-refractivity contribution in [2.75, 3.05) is 44.4 Å². The van der Waals surface area contributed by atoms with Crippen LogP contribution in [-0.2, 0) is 0 Å². The summed E-state index contributed by atoms with van der Waals surface area (Å²) in [6, 6.07) is 17.6. The quantitative estimate of drug-likeness (QED) is 0.810. The van der Waals surface area contributed by atoms with E-state index in [1.54, 1.807) is 0 Å². The van der Waals surface area contributed by atoms with E-state index in [1.807, 2.05) is 54.3 Å². The molecule has 2 aromatic rings. The van der Waals surface area contributed by atoms with Gasteiger partial charge in [-0.2, -0.15) is 0 Å². The second-order valence-corrected chi connectivity index (χ2v) is 5.96. The van der Waals surface area contributed by atoms with Crippen molar-refractivity contribution in [1.29, 1.82) is 0 Å². The van der Waals surface area contributed by atoms with Gasteiger partial charge in [0.25, 0.3) is 0 Å². The molecule has 0 aromatic heterocycles. The number of amides is 2. The van der Waals surface area contributed by atoms with Crippen molar-refractivity contribution < 1.29 is 14.3 Å². The van der Waals surface area contributed by atoms with Crippen LogP contribution in [0.25, 0.3) is 0 Å². The first-order chi connectivity index (χ1) is 12.8. The fourth-order valence-corrected chi connectivity index (χ4v) is 2.94. The molecule has 1 saturated heterocycles. The molecule has 1 fully saturated rings. The average Bonchev–Trinajstić information content (AvgIpc) is 2.70. The third-order valence-corrected chi connectivity index (χ3v) is 4.29. The number of piperazine rings is 1. The highest BCUT2D eigenvalue weighted by Gasteiger charge is 2.21. The number of carbonyl (C=O) groups is 1. The molecule has 2 amide bonds. The van der Waals surface area contributed by atoms with Crippen LogP contribution < -0.4 is 19.7 Å². The van der Waals surface area contributed by atoms with E-state index in [-0.39, 0.29) is 12.8 Å². The summed E-state index contributed by atoms with van der Waals surface area (Å²) in [7, 11) is 0. The first kappa shape index (κ1) is 17.9. The number of carbonyl (C=O) groups excluding carboxylic acids is 1. The topological polar surface area (TPSA) is 54.0 Å². The summed E-state index contributed by atoms with van der Waals surface area (Å²) in [5.74, 6) is 1.31. The molecule has 138 valence electrons. The molecule has 26 heavy (non-hydrogen) atoms. The Morgan fingerprint density at radius 1 is 0.923 bits per heavy atom. The van der Waals surface area contributed by atoms with E-state index in [9.17, 15) is 4.79 Å². The number of nitrogens with one attached hydrogen (secondary N) is 1. The van der Waals surface area contributed by atoms with Crippen LogP contribution >= 0.6 is 0 Å². The van der Waals surface area contributed by atoms with Crippen LogP contribution in [0, 0.1) is 0 Å². The SMILES string of the molecule is CCOc1ccccc1OCNC(=O)N1CCN(c2ccccc2)CC1. The van der Waals surface area contributed by atoms with Crippen molar-refractivity contribution in [1.82, 2.24) is 10.2 Å². The van der Waals surface area contributed by atoms with Crippen LogP contribution in [0.1, 0.15) is 6.92 Å². The van der Waals surface area contributed by atoms with Crippen LogP contribution in [0.4, 0.5) is 10.5 Å². The predicted molar refractivity (Wildman–Crippen MR) is 102 cm³/mol.